The number of carbonyl (C=O) groups excluding carboxylic acids is 1. The van der Waals surface area contributed by atoms with Crippen molar-refractivity contribution in [1.82, 2.24) is 4.31 Å². The molecule has 150 valence electrons. The number of benzene rings is 2. The minimum atomic E-state index is -3.55. The second-order valence-electron chi connectivity index (χ2n) is 6.67. The number of nitrogens with zero attached hydrogens (tertiary/aromatic N) is 1. The van der Waals surface area contributed by atoms with Crippen LogP contribution in [-0.4, -0.2) is 31.7 Å². The number of rotatable bonds is 5. The molecule has 1 N–H and O–H groups in total. The molecule has 0 bridgehead atoms. The molecule has 0 radical (unpaired) electrons. The van der Waals surface area contributed by atoms with E-state index in [0.717, 1.165) is 0 Å². The normalized spacial score (nSPS) is 16.1. The number of anilines is 1. The predicted octanol–water partition coefficient (Wildman–Crippen LogP) is 3.80. The maximum absolute atomic E-state index is 13.2. The predicted molar refractivity (Wildman–Crippen MR) is 103 cm³/mol. The monoisotopic (exact) mass is 428 g/mol. The fourth-order valence-electron chi connectivity index (χ4n) is 3.10. The smallest absolute Gasteiger partial charge is 0.227 e. The summed E-state index contributed by atoms with van der Waals surface area (Å²) in [5.41, 5.74) is 0.900. The van der Waals surface area contributed by atoms with Gasteiger partial charge in [0.2, 0.25) is 15.9 Å². The van der Waals surface area contributed by atoms with Crippen molar-refractivity contribution in [2.45, 2.75) is 18.6 Å². The minimum absolute atomic E-state index is 0.0838. The van der Waals surface area contributed by atoms with E-state index in [9.17, 15) is 22.0 Å². The average molecular weight is 429 g/mol. The van der Waals surface area contributed by atoms with Gasteiger partial charge in [0.25, 0.3) is 0 Å². The first-order valence-corrected chi connectivity index (χ1v) is 10.7. The third-order valence-corrected chi connectivity index (χ3v) is 6.81. The van der Waals surface area contributed by atoms with Crippen molar-refractivity contribution in [3.05, 3.63) is 64.7 Å². The molecule has 1 heterocycles. The molecule has 2 aromatic carbocycles. The first-order valence-electron chi connectivity index (χ1n) is 8.73. The zero-order valence-electron chi connectivity index (χ0n) is 14.9. The Hall–Kier alpha value is -2.03. The van der Waals surface area contributed by atoms with Gasteiger partial charge in [-0.15, -0.1) is 0 Å². The van der Waals surface area contributed by atoms with E-state index in [2.05, 4.69) is 5.32 Å². The maximum atomic E-state index is 13.2. The van der Waals surface area contributed by atoms with Gasteiger partial charge in [-0.05, 0) is 48.7 Å². The van der Waals surface area contributed by atoms with Crippen molar-refractivity contribution in [3.63, 3.8) is 0 Å². The van der Waals surface area contributed by atoms with E-state index in [1.165, 1.54) is 46.8 Å². The lowest BCUT2D eigenvalue weighted by molar-refractivity contribution is -0.120. The number of halogens is 3. The molecule has 9 heteroatoms. The molecule has 2 aromatic rings. The van der Waals surface area contributed by atoms with Crippen LogP contribution in [0.1, 0.15) is 18.4 Å². The largest absolute Gasteiger partial charge is 0.326 e. The van der Waals surface area contributed by atoms with Crippen LogP contribution >= 0.6 is 11.6 Å². The number of amides is 1. The summed E-state index contributed by atoms with van der Waals surface area (Å²) in [6.45, 7) is 0.456. The molecule has 1 amide bonds. The molecule has 1 aliphatic rings. The molecule has 5 nitrogen and oxygen atoms in total. The van der Waals surface area contributed by atoms with E-state index < -0.39 is 21.7 Å². The lowest BCUT2D eigenvalue weighted by Crippen LogP contribution is -2.41. The van der Waals surface area contributed by atoms with Gasteiger partial charge in [-0.2, -0.15) is 0 Å². The first-order chi connectivity index (χ1) is 13.2. The zero-order valence-corrected chi connectivity index (χ0v) is 16.4. The maximum Gasteiger partial charge on any atom is 0.227 e. The standard InChI is InChI=1S/C19H19ClF2N2O3S/c20-17-11-16(5-6-18(17)22)23-19(25)14-7-9-24(10-8-14)28(26,27)12-13-1-3-15(21)4-2-13/h1-6,11,14H,7-10,12H2,(H,23,25). The van der Waals surface area contributed by atoms with Crippen LogP contribution in [0.4, 0.5) is 14.5 Å². The SMILES string of the molecule is O=C(Nc1ccc(F)c(Cl)c1)C1CCN(S(=O)(=O)Cc2ccc(F)cc2)CC1. The fourth-order valence-corrected chi connectivity index (χ4v) is 4.84. The Morgan fingerprint density at radius 2 is 1.75 bits per heavy atom. The Kier molecular flexibility index (Phi) is 6.32. The van der Waals surface area contributed by atoms with Crippen LogP contribution in [0.2, 0.25) is 5.02 Å². The van der Waals surface area contributed by atoms with E-state index in [1.807, 2.05) is 0 Å². The van der Waals surface area contributed by atoms with E-state index >= 15 is 0 Å². The lowest BCUT2D eigenvalue weighted by Gasteiger charge is -2.30. The Morgan fingerprint density at radius 1 is 1.11 bits per heavy atom. The van der Waals surface area contributed by atoms with Gasteiger partial charge < -0.3 is 5.32 Å². The lowest BCUT2D eigenvalue weighted by atomic mass is 9.97. The molecule has 0 aromatic heterocycles. The van der Waals surface area contributed by atoms with Crippen LogP contribution in [0.3, 0.4) is 0 Å². The van der Waals surface area contributed by atoms with Gasteiger partial charge in [0.1, 0.15) is 11.6 Å². The molecule has 1 fully saturated rings. The number of hydrogen-bond donors (Lipinski definition) is 1. The van der Waals surface area contributed by atoms with Crippen molar-refractivity contribution >= 4 is 33.2 Å². The molecule has 28 heavy (non-hydrogen) atoms. The summed E-state index contributed by atoms with van der Waals surface area (Å²) < 4.78 is 52.6. The highest BCUT2D eigenvalue weighted by Gasteiger charge is 2.31. The molecule has 0 atom stereocenters. The van der Waals surface area contributed by atoms with Gasteiger partial charge in [0.05, 0.1) is 10.8 Å². The number of nitrogens with one attached hydrogen (secondary N) is 1. The van der Waals surface area contributed by atoms with Crippen LogP contribution in [0.5, 0.6) is 0 Å². The molecular weight excluding hydrogens is 410 g/mol. The zero-order chi connectivity index (χ0) is 20.3. The first kappa shape index (κ1) is 20.7. The molecule has 0 saturated carbocycles. The van der Waals surface area contributed by atoms with Gasteiger partial charge in [0.15, 0.2) is 0 Å². The van der Waals surface area contributed by atoms with Gasteiger partial charge in [-0.3, -0.25) is 4.79 Å². The van der Waals surface area contributed by atoms with Crippen molar-refractivity contribution in [2.75, 3.05) is 18.4 Å². The molecular formula is C19H19ClF2N2O3S. The van der Waals surface area contributed by atoms with Crippen LogP contribution in [0.25, 0.3) is 0 Å². The van der Waals surface area contributed by atoms with Crippen molar-refractivity contribution in [2.24, 2.45) is 5.92 Å². The topological polar surface area (TPSA) is 66.5 Å². The van der Waals surface area contributed by atoms with E-state index in [1.54, 1.807) is 0 Å². The number of piperidine rings is 1. The highest BCUT2D eigenvalue weighted by Crippen LogP contribution is 2.24. The Morgan fingerprint density at radius 3 is 2.36 bits per heavy atom. The van der Waals surface area contributed by atoms with E-state index in [4.69, 9.17) is 11.6 Å². The number of sulfonamides is 1. The van der Waals surface area contributed by atoms with Crippen molar-refractivity contribution < 1.29 is 22.0 Å². The van der Waals surface area contributed by atoms with E-state index in [0.29, 0.717) is 24.1 Å². The second-order valence-corrected chi connectivity index (χ2v) is 9.05. The summed E-state index contributed by atoms with van der Waals surface area (Å²) >= 11 is 5.71. The molecule has 0 spiro atoms. The Bertz CT molecular complexity index is 960. The van der Waals surface area contributed by atoms with Crippen molar-refractivity contribution in [3.8, 4) is 0 Å². The molecule has 1 saturated heterocycles. The molecule has 1 aliphatic heterocycles. The van der Waals surface area contributed by atoms with Crippen molar-refractivity contribution in [1.29, 1.82) is 0 Å². The highest BCUT2D eigenvalue weighted by molar-refractivity contribution is 7.88. The minimum Gasteiger partial charge on any atom is -0.326 e. The number of hydrogen-bond acceptors (Lipinski definition) is 3. The Labute approximate surface area is 167 Å². The van der Waals surface area contributed by atoms with Gasteiger partial charge in [-0.25, -0.2) is 21.5 Å². The third kappa shape index (κ3) is 5.06. The molecule has 0 aliphatic carbocycles. The summed E-state index contributed by atoms with van der Waals surface area (Å²) in [7, 11) is -3.55. The van der Waals surface area contributed by atoms with Crippen LogP contribution in [0, 0.1) is 17.6 Å². The average Bonchev–Trinajstić information content (AvgIpc) is 2.66. The summed E-state index contributed by atoms with van der Waals surface area (Å²) in [6.07, 6.45) is 0.757. The molecule has 0 unspecified atom stereocenters. The van der Waals surface area contributed by atoms with Gasteiger partial charge >= 0.3 is 0 Å². The summed E-state index contributed by atoms with van der Waals surface area (Å²) in [5.74, 6) is -1.80. The summed E-state index contributed by atoms with van der Waals surface area (Å²) in [6, 6.07) is 9.26. The Balaban J connectivity index is 1.56. The van der Waals surface area contributed by atoms with Crippen LogP contribution in [-0.2, 0) is 20.6 Å². The van der Waals surface area contributed by atoms with Crippen LogP contribution < -0.4 is 5.32 Å². The second kappa shape index (κ2) is 8.55. The quantitative estimate of drug-likeness (QED) is 0.787. The highest BCUT2D eigenvalue weighted by atomic mass is 35.5. The summed E-state index contributed by atoms with van der Waals surface area (Å²) in [5, 5.41) is 2.60. The number of carbonyl (C=O) groups is 1. The fraction of sp³-hybridized carbons (Fsp3) is 0.316. The summed E-state index contributed by atoms with van der Waals surface area (Å²) in [4.78, 5) is 12.4. The van der Waals surface area contributed by atoms with Crippen LogP contribution in [0.15, 0.2) is 42.5 Å². The van der Waals surface area contributed by atoms with Gasteiger partial charge in [0, 0.05) is 24.7 Å². The van der Waals surface area contributed by atoms with E-state index in [-0.39, 0.29) is 35.7 Å². The third-order valence-electron chi connectivity index (χ3n) is 4.67. The molecule has 3 rings (SSSR count). The van der Waals surface area contributed by atoms with Gasteiger partial charge in [-0.1, -0.05) is 23.7 Å².